The summed E-state index contributed by atoms with van der Waals surface area (Å²) in [5.41, 5.74) is 0.330. The third-order valence-corrected chi connectivity index (χ3v) is 3.59. The monoisotopic (exact) mass is 280 g/mol. The van der Waals surface area contributed by atoms with Crippen molar-refractivity contribution in [1.82, 2.24) is 4.90 Å². The number of piperidine rings is 1. The van der Waals surface area contributed by atoms with Gasteiger partial charge in [-0.2, -0.15) is 0 Å². The molecule has 4 nitrogen and oxygen atoms in total. The van der Waals surface area contributed by atoms with Crippen molar-refractivity contribution < 1.29 is 14.3 Å². The van der Waals surface area contributed by atoms with Crippen LogP contribution in [0.4, 0.5) is 10.1 Å². The van der Waals surface area contributed by atoms with Crippen LogP contribution in [0.15, 0.2) is 18.2 Å². The van der Waals surface area contributed by atoms with Crippen molar-refractivity contribution in [3.8, 4) is 0 Å². The van der Waals surface area contributed by atoms with Crippen LogP contribution in [0.5, 0.6) is 0 Å². The standard InChI is InChI=1S/C15H21FN2O2/c1-11(10-18-7-3-2-4-8-18)17-12-5-6-13(15(19)20)14(16)9-12/h5-6,9,11,17H,2-4,7-8,10H2,1H3,(H,19,20). The van der Waals surface area contributed by atoms with Crippen LogP contribution in [0.1, 0.15) is 36.5 Å². The molecule has 2 rings (SSSR count). The zero-order valence-corrected chi connectivity index (χ0v) is 11.7. The molecule has 0 saturated carbocycles. The van der Waals surface area contributed by atoms with E-state index < -0.39 is 11.8 Å². The second-order valence-corrected chi connectivity index (χ2v) is 5.41. The number of hydrogen-bond acceptors (Lipinski definition) is 3. The molecule has 0 aliphatic carbocycles. The second kappa shape index (κ2) is 6.70. The molecule has 0 bridgehead atoms. The van der Waals surface area contributed by atoms with E-state index in [1.807, 2.05) is 0 Å². The normalized spacial score (nSPS) is 17.7. The summed E-state index contributed by atoms with van der Waals surface area (Å²) in [4.78, 5) is 13.2. The Labute approximate surface area is 118 Å². The first-order chi connectivity index (χ1) is 9.56. The topological polar surface area (TPSA) is 52.6 Å². The number of aromatic carboxylic acids is 1. The molecule has 2 N–H and O–H groups in total. The van der Waals surface area contributed by atoms with Crippen LogP contribution >= 0.6 is 0 Å². The van der Waals surface area contributed by atoms with E-state index in [1.54, 1.807) is 6.07 Å². The Morgan fingerprint density at radius 3 is 2.70 bits per heavy atom. The Morgan fingerprint density at radius 1 is 1.40 bits per heavy atom. The summed E-state index contributed by atoms with van der Waals surface area (Å²) < 4.78 is 13.6. The van der Waals surface area contributed by atoms with Crippen LogP contribution in [0.2, 0.25) is 0 Å². The van der Waals surface area contributed by atoms with Crippen LogP contribution in [0.3, 0.4) is 0 Å². The number of nitrogens with zero attached hydrogens (tertiary/aromatic N) is 1. The Bertz CT molecular complexity index is 473. The molecule has 5 heteroatoms. The molecule has 1 aromatic carbocycles. The number of nitrogens with one attached hydrogen (secondary N) is 1. The van der Waals surface area contributed by atoms with Gasteiger partial charge in [0.05, 0.1) is 5.56 Å². The van der Waals surface area contributed by atoms with Gasteiger partial charge < -0.3 is 15.3 Å². The number of halogens is 1. The van der Waals surface area contributed by atoms with Gasteiger partial charge in [-0.3, -0.25) is 0 Å². The highest BCUT2D eigenvalue weighted by atomic mass is 19.1. The third kappa shape index (κ3) is 3.93. The first-order valence-corrected chi connectivity index (χ1v) is 7.08. The van der Waals surface area contributed by atoms with Gasteiger partial charge in [0.15, 0.2) is 0 Å². The zero-order chi connectivity index (χ0) is 14.5. The molecule has 0 radical (unpaired) electrons. The summed E-state index contributed by atoms with van der Waals surface area (Å²) in [5, 5.41) is 12.0. The summed E-state index contributed by atoms with van der Waals surface area (Å²) in [6.07, 6.45) is 3.80. The minimum absolute atomic E-state index is 0.197. The highest BCUT2D eigenvalue weighted by molar-refractivity contribution is 5.88. The molecule has 0 amide bonds. The van der Waals surface area contributed by atoms with Crippen molar-refractivity contribution in [1.29, 1.82) is 0 Å². The van der Waals surface area contributed by atoms with Crippen LogP contribution < -0.4 is 5.32 Å². The van der Waals surface area contributed by atoms with Crippen LogP contribution in [0.25, 0.3) is 0 Å². The average Bonchev–Trinajstić information content (AvgIpc) is 2.39. The lowest BCUT2D eigenvalue weighted by atomic mass is 10.1. The van der Waals surface area contributed by atoms with Gasteiger partial charge in [0.2, 0.25) is 0 Å². The summed E-state index contributed by atoms with van der Waals surface area (Å²) in [5.74, 6) is -1.94. The summed E-state index contributed by atoms with van der Waals surface area (Å²) >= 11 is 0. The Hall–Kier alpha value is -1.62. The van der Waals surface area contributed by atoms with Crippen molar-refractivity contribution in [2.24, 2.45) is 0 Å². The molecule has 1 fully saturated rings. The average molecular weight is 280 g/mol. The molecule has 0 aromatic heterocycles. The third-order valence-electron chi connectivity index (χ3n) is 3.59. The van der Waals surface area contributed by atoms with E-state index in [9.17, 15) is 9.18 Å². The number of carboxylic acids is 1. The molecule has 1 aliphatic heterocycles. The van der Waals surface area contributed by atoms with Gasteiger partial charge in [-0.1, -0.05) is 6.42 Å². The fourth-order valence-corrected chi connectivity index (χ4v) is 2.64. The van der Waals surface area contributed by atoms with E-state index in [0.717, 1.165) is 19.6 Å². The Kier molecular flexibility index (Phi) is 4.95. The van der Waals surface area contributed by atoms with E-state index in [4.69, 9.17) is 5.11 Å². The molecule has 0 spiro atoms. The number of carbonyl (C=O) groups is 1. The van der Waals surface area contributed by atoms with Crippen molar-refractivity contribution in [2.75, 3.05) is 25.0 Å². The molecule has 1 heterocycles. The van der Waals surface area contributed by atoms with Crippen LogP contribution in [-0.2, 0) is 0 Å². The van der Waals surface area contributed by atoms with Gasteiger partial charge in [0.25, 0.3) is 0 Å². The number of likely N-dealkylation sites (tertiary alicyclic amines) is 1. The van der Waals surface area contributed by atoms with Gasteiger partial charge in [-0.25, -0.2) is 9.18 Å². The van der Waals surface area contributed by atoms with E-state index >= 15 is 0 Å². The molecule has 1 atom stereocenters. The van der Waals surface area contributed by atoms with E-state index in [1.165, 1.54) is 31.4 Å². The lowest BCUT2D eigenvalue weighted by Crippen LogP contribution is -2.38. The highest BCUT2D eigenvalue weighted by Gasteiger charge is 2.14. The van der Waals surface area contributed by atoms with Gasteiger partial charge in [0.1, 0.15) is 5.82 Å². The summed E-state index contributed by atoms with van der Waals surface area (Å²) in [6.45, 7) is 5.22. The molecule has 1 saturated heterocycles. The smallest absolute Gasteiger partial charge is 0.338 e. The summed E-state index contributed by atoms with van der Waals surface area (Å²) in [6, 6.07) is 4.35. The molecule has 1 unspecified atom stereocenters. The van der Waals surface area contributed by atoms with Crippen molar-refractivity contribution in [2.45, 2.75) is 32.2 Å². The number of hydrogen-bond donors (Lipinski definition) is 2. The number of carboxylic acid groups (broad SMARTS) is 1. The number of rotatable bonds is 5. The first-order valence-electron chi connectivity index (χ1n) is 7.08. The van der Waals surface area contributed by atoms with Crippen molar-refractivity contribution >= 4 is 11.7 Å². The van der Waals surface area contributed by atoms with Crippen LogP contribution in [0, 0.1) is 5.82 Å². The van der Waals surface area contributed by atoms with Crippen molar-refractivity contribution in [3.05, 3.63) is 29.6 Å². The second-order valence-electron chi connectivity index (χ2n) is 5.41. The maximum atomic E-state index is 13.6. The van der Waals surface area contributed by atoms with Gasteiger partial charge in [0, 0.05) is 18.3 Å². The molecule has 1 aliphatic rings. The van der Waals surface area contributed by atoms with E-state index in [2.05, 4.69) is 17.1 Å². The fourth-order valence-electron chi connectivity index (χ4n) is 2.64. The quantitative estimate of drug-likeness (QED) is 0.871. The largest absolute Gasteiger partial charge is 0.478 e. The number of benzene rings is 1. The molecule has 1 aromatic rings. The zero-order valence-electron chi connectivity index (χ0n) is 11.7. The lowest BCUT2D eigenvalue weighted by Gasteiger charge is -2.29. The van der Waals surface area contributed by atoms with Gasteiger partial charge >= 0.3 is 5.97 Å². The van der Waals surface area contributed by atoms with E-state index in [0.29, 0.717) is 5.69 Å². The molecule has 20 heavy (non-hydrogen) atoms. The SMILES string of the molecule is CC(CN1CCCCC1)Nc1ccc(C(=O)O)c(F)c1. The molecular weight excluding hydrogens is 259 g/mol. The Morgan fingerprint density at radius 2 is 2.10 bits per heavy atom. The fraction of sp³-hybridized carbons (Fsp3) is 0.533. The predicted molar refractivity (Wildman–Crippen MR) is 76.7 cm³/mol. The molecule has 110 valence electrons. The molecular formula is C15H21FN2O2. The maximum Gasteiger partial charge on any atom is 0.338 e. The van der Waals surface area contributed by atoms with Crippen molar-refractivity contribution in [3.63, 3.8) is 0 Å². The minimum Gasteiger partial charge on any atom is -0.478 e. The summed E-state index contributed by atoms with van der Waals surface area (Å²) in [7, 11) is 0. The number of anilines is 1. The van der Waals surface area contributed by atoms with Gasteiger partial charge in [-0.15, -0.1) is 0 Å². The minimum atomic E-state index is -1.24. The van der Waals surface area contributed by atoms with Gasteiger partial charge in [-0.05, 0) is 51.1 Å². The highest BCUT2D eigenvalue weighted by Crippen LogP contribution is 2.16. The predicted octanol–water partition coefficient (Wildman–Crippen LogP) is 2.81. The first kappa shape index (κ1) is 14.8. The lowest BCUT2D eigenvalue weighted by molar-refractivity contribution is 0.0692. The van der Waals surface area contributed by atoms with Crippen LogP contribution in [-0.4, -0.2) is 41.7 Å². The maximum absolute atomic E-state index is 13.6. The van der Waals surface area contributed by atoms with E-state index in [-0.39, 0.29) is 11.6 Å². The Balaban J connectivity index is 1.92.